The number of primary amides is 1. The number of nitrogens with two attached hydrogens (primary N) is 1. The van der Waals surface area contributed by atoms with Crippen molar-refractivity contribution < 1.29 is 19.4 Å². The first-order chi connectivity index (χ1) is 19.8. The first-order valence-corrected chi connectivity index (χ1v) is 14.8. The second kappa shape index (κ2) is 15.5. The lowest BCUT2D eigenvalue weighted by molar-refractivity contribution is -0.132. The summed E-state index contributed by atoms with van der Waals surface area (Å²) < 4.78 is 5.33. The van der Waals surface area contributed by atoms with Gasteiger partial charge in [0.15, 0.2) is 0 Å². The number of methoxy groups -OCH3 is 1. The highest BCUT2D eigenvalue weighted by atomic mass is 16.5. The summed E-state index contributed by atoms with van der Waals surface area (Å²) in [6.45, 7) is 8.21. The molecule has 0 fully saturated rings. The fourth-order valence-electron chi connectivity index (χ4n) is 5.81. The zero-order valence-electron chi connectivity index (χ0n) is 25.1. The molecule has 0 bridgehead atoms. The van der Waals surface area contributed by atoms with Gasteiger partial charge in [-0.1, -0.05) is 81.0 Å². The number of hydrogen-bond donors (Lipinski definition) is 3. The van der Waals surface area contributed by atoms with Gasteiger partial charge in [0.05, 0.1) is 18.6 Å². The number of nitrogens with one attached hydrogen (secondary N) is 1. The zero-order chi connectivity index (χ0) is 29.8. The number of amides is 2. The van der Waals surface area contributed by atoms with Gasteiger partial charge in [-0.3, -0.25) is 9.59 Å². The topological polar surface area (TPSA) is 105 Å². The molecule has 0 saturated heterocycles. The Morgan fingerprint density at radius 1 is 1.05 bits per heavy atom. The summed E-state index contributed by atoms with van der Waals surface area (Å²) in [6, 6.07) is 17.6. The molecule has 3 atom stereocenters. The largest absolute Gasteiger partial charge is 0.497 e. The number of benzene rings is 2. The molecule has 0 aromatic heterocycles. The summed E-state index contributed by atoms with van der Waals surface area (Å²) in [6.07, 6.45) is 5.90. The van der Waals surface area contributed by atoms with E-state index in [1.54, 1.807) is 7.11 Å². The predicted octanol–water partition coefficient (Wildman–Crippen LogP) is 4.79. The maximum Gasteiger partial charge on any atom is 0.249 e. The molecule has 0 spiro atoms. The van der Waals surface area contributed by atoms with Crippen molar-refractivity contribution in [2.75, 3.05) is 26.7 Å². The van der Waals surface area contributed by atoms with Crippen LogP contribution < -0.4 is 15.8 Å². The molecule has 2 amide bonds. The maximum absolute atomic E-state index is 13.8. The molecule has 7 nitrogen and oxygen atoms in total. The SMILES string of the molecule is CCCN(CCC)C(=O)C1=CC(CC)=CC(C(N)=O)([C@H](Cc2ccccc2)[C@@H](O)CNCc2cccc(OC)c2)C1. The van der Waals surface area contributed by atoms with E-state index < -0.39 is 23.3 Å². The number of ether oxygens (including phenoxy) is 1. The van der Waals surface area contributed by atoms with Gasteiger partial charge in [0.25, 0.3) is 0 Å². The molecule has 41 heavy (non-hydrogen) atoms. The summed E-state index contributed by atoms with van der Waals surface area (Å²) in [5.74, 6) is -0.359. The summed E-state index contributed by atoms with van der Waals surface area (Å²) in [5.41, 5.74) is 8.51. The molecule has 2 aromatic rings. The van der Waals surface area contributed by atoms with Crippen LogP contribution in [0.2, 0.25) is 0 Å². The molecule has 2 aromatic carbocycles. The van der Waals surface area contributed by atoms with Crippen molar-refractivity contribution in [3.8, 4) is 5.75 Å². The summed E-state index contributed by atoms with van der Waals surface area (Å²) in [7, 11) is 1.63. The van der Waals surface area contributed by atoms with Gasteiger partial charge in [-0.05, 0) is 55.4 Å². The van der Waals surface area contributed by atoms with Gasteiger partial charge in [0.1, 0.15) is 5.75 Å². The van der Waals surface area contributed by atoms with Crippen LogP contribution in [0.3, 0.4) is 0 Å². The van der Waals surface area contributed by atoms with Crippen LogP contribution in [0.1, 0.15) is 57.6 Å². The van der Waals surface area contributed by atoms with E-state index in [2.05, 4.69) is 19.2 Å². The van der Waals surface area contributed by atoms with Crippen molar-refractivity contribution in [2.24, 2.45) is 17.1 Å². The van der Waals surface area contributed by atoms with E-state index in [-0.39, 0.29) is 18.9 Å². The van der Waals surface area contributed by atoms with Crippen LogP contribution in [0.5, 0.6) is 5.75 Å². The van der Waals surface area contributed by atoms with Gasteiger partial charge in [0.2, 0.25) is 11.8 Å². The highest BCUT2D eigenvalue weighted by Crippen LogP contribution is 2.45. The van der Waals surface area contributed by atoms with E-state index in [0.717, 1.165) is 35.3 Å². The smallest absolute Gasteiger partial charge is 0.249 e. The molecule has 0 radical (unpaired) electrons. The quantitative estimate of drug-likeness (QED) is 0.273. The molecule has 1 aliphatic rings. The van der Waals surface area contributed by atoms with Gasteiger partial charge in [-0.2, -0.15) is 0 Å². The fourth-order valence-corrected chi connectivity index (χ4v) is 5.81. The number of carbonyl (C=O) groups excluding carboxylic acids is 2. The summed E-state index contributed by atoms with van der Waals surface area (Å²) in [5, 5.41) is 15.1. The predicted molar refractivity (Wildman–Crippen MR) is 164 cm³/mol. The molecule has 3 rings (SSSR count). The molecular weight excluding hydrogens is 514 g/mol. The Balaban J connectivity index is 1.96. The van der Waals surface area contributed by atoms with Crippen molar-refractivity contribution in [2.45, 2.75) is 65.5 Å². The van der Waals surface area contributed by atoms with Crippen molar-refractivity contribution in [3.63, 3.8) is 0 Å². The highest BCUT2D eigenvalue weighted by Gasteiger charge is 2.48. The van der Waals surface area contributed by atoms with E-state index >= 15 is 0 Å². The number of rotatable bonds is 16. The maximum atomic E-state index is 13.8. The first-order valence-electron chi connectivity index (χ1n) is 14.8. The van der Waals surface area contributed by atoms with E-state index in [0.29, 0.717) is 38.0 Å². The average Bonchev–Trinajstić information content (AvgIpc) is 2.99. The normalized spacial score (nSPS) is 18.2. The van der Waals surface area contributed by atoms with Gasteiger partial charge in [-0.25, -0.2) is 0 Å². The molecule has 7 heteroatoms. The molecule has 1 unspecified atom stereocenters. The molecule has 1 aliphatic carbocycles. The van der Waals surface area contributed by atoms with Crippen molar-refractivity contribution in [1.29, 1.82) is 0 Å². The Hall–Kier alpha value is -3.42. The third-order valence-electron chi connectivity index (χ3n) is 7.94. The van der Waals surface area contributed by atoms with Gasteiger partial charge < -0.3 is 25.8 Å². The van der Waals surface area contributed by atoms with Gasteiger partial charge in [0, 0.05) is 37.7 Å². The number of allylic oxidation sites excluding steroid dienone is 2. The highest BCUT2D eigenvalue weighted by molar-refractivity contribution is 5.97. The molecule has 4 N–H and O–H groups in total. The number of hydrogen-bond acceptors (Lipinski definition) is 5. The lowest BCUT2D eigenvalue weighted by atomic mass is 9.63. The summed E-state index contributed by atoms with van der Waals surface area (Å²) in [4.78, 5) is 29.2. The van der Waals surface area contributed by atoms with E-state index in [1.165, 1.54) is 0 Å². The third kappa shape index (κ3) is 8.30. The minimum Gasteiger partial charge on any atom is -0.497 e. The van der Waals surface area contributed by atoms with E-state index in [1.807, 2.05) is 78.6 Å². The van der Waals surface area contributed by atoms with Crippen LogP contribution in [0, 0.1) is 11.3 Å². The minimum atomic E-state index is -1.22. The van der Waals surface area contributed by atoms with Crippen molar-refractivity contribution in [3.05, 3.63) is 89.0 Å². The number of carbonyl (C=O) groups is 2. The minimum absolute atomic E-state index is 0.0533. The average molecular weight is 562 g/mol. The van der Waals surface area contributed by atoms with E-state index in [9.17, 15) is 14.7 Å². The third-order valence-corrected chi connectivity index (χ3v) is 7.94. The monoisotopic (exact) mass is 561 g/mol. The van der Waals surface area contributed by atoms with Crippen LogP contribution >= 0.6 is 0 Å². The first kappa shape index (κ1) is 32.1. The number of aliphatic hydroxyl groups excluding tert-OH is 1. The Morgan fingerprint density at radius 2 is 1.73 bits per heavy atom. The van der Waals surface area contributed by atoms with Gasteiger partial charge in [-0.15, -0.1) is 0 Å². The molecule has 0 heterocycles. The zero-order valence-corrected chi connectivity index (χ0v) is 25.1. The van der Waals surface area contributed by atoms with Crippen molar-refractivity contribution in [1.82, 2.24) is 10.2 Å². The molecule has 0 saturated carbocycles. The van der Waals surface area contributed by atoms with Crippen molar-refractivity contribution >= 4 is 11.8 Å². The van der Waals surface area contributed by atoms with Crippen LogP contribution in [0.15, 0.2) is 77.9 Å². The second-order valence-corrected chi connectivity index (χ2v) is 11.0. The Kier molecular flexibility index (Phi) is 12.2. The molecule has 0 aliphatic heterocycles. The number of nitrogens with zero attached hydrogens (tertiary/aromatic N) is 1. The fraction of sp³-hybridized carbons (Fsp3) is 0.471. The Labute approximate surface area is 245 Å². The lowest BCUT2D eigenvalue weighted by Gasteiger charge is -2.42. The standard InChI is InChI=1S/C34H47N3O4/c1-5-16-37(17-6-2)32(39)28-18-25(7-3)21-34(22-28,33(35)40)30(20-26-12-9-8-10-13-26)31(38)24-36-23-27-14-11-15-29(19-27)41-4/h8-15,18-19,21,30-31,36,38H,5-7,16-17,20,22-24H2,1-4H3,(H2,35,40)/t30-,31+,34?/m1/s1. The van der Waals surface area contributed by atoms with Crippen LogP contribution in [0.4, 0.5) is 0 Å². The van der Waals surface area contributed by atoms with Crippen LogP contribution in [-0.2, 0) is 22.6 Å². The second-order valence-electron chi connectivity index (χ2n) is 11.0. The Bertz CT molecular complexity index is 1200. The lowest BCUT2D eigenvalue weighted by Crippen LogP contribution is -2.51. The molecule has 222 valence electrons. The van der Waals surface area contributed by atoms with Crippen LogP contribution in [0.25, 0.3) is 0 Å². The number of aliphatic hydroxyl groups is 1. The van der Waals surface area contributed by atoms with E-state index in [4.69, 9.17) is 10.5 Å². The Morgan fingerprint density at radius 3 is 2.34 bits per heavy atom. The molecular formula is C34H47N3O4. The summed E-state index contributed by atoms with van der Waals surface area (Å²) >= 11 is 0. The van der Waals surface area contributed by atoms with Crippen LogP contribution in [-0.4, -0.2) is 54.7 Å². The van der Waals surface area contributed by atoms with Gasteiger partial charge >= 0.3 is 0 Å².